The molecule has 1 aromatic carbocycles. The Morgan fingerprint density at radius 1 is 1.25 bits per heavy atom. The maximum absolute atomic E-state index is 12.2. The summed E-state index contributed by atoms with van der Waals surface area (Å²) in [5.74, 6) is 0.702. The Morgan fingerprint density at radius 2 is 1.95 bits per heavy atom. The molecular formula is C14H15ClN2O3. The van der Waals surface area contributed by atoms with Gasteiger partial charge in [0.15, 0.2) is 0 Å². The molecule has 0 aliphatic rings. The quantitative estimate of drug-likeness (QED) is 0.943. The van der Waals surface area contributed by atoms with E-state index < -0.39 is 0 Å². The molecule has 1 aromatic heterocycles. The highest BCUT2D eigenvalue weighted by molar-refractivity contribution is 6.32. The van der Waals surface area contributed by atoms with E-state index in [0.717, 1.165) is 0 Å². The molecule has 0 aliphatic carbocycles. The van der Waals surface area contributed by atoms with Crippen LogP contribution in [-0.2, 0) is 7.05 Å². The first-order valence-electron chi connectivity index (χ1n) is 5.91. The summed E-state index contributed by atoms with van der Waals surface area (Å²) in [6.07, 6.45) is 1.80. The predicted octanol–water partition coefficient (Wildman–Crippen LogP) is 2.95. The number of benzene rings is 1. The van der Waals surface area contributed by atoms with Gasteiger partial charge in [-0.15, -0.1) is 0 Å². The molecule has 0 saturated carbocycles. The Bertz CT molecular complexity index is 637. The van der Waals surface area contributed by atoms with Gasteiger partial charge in [0.1, 0.15) is 17.2 Å². The lowest BCUT2D eigenvalue weighted by atomic mass is 10.2. The Hall–Kier alpha value is -2.14. The largest absolute Gasteiger partial charge is 0.495 e. The van der Waals surface area contributed by atoms with E-state index >= 15 is 0 Å². The fourth-order valence-corrected chi connectivity index (χ4v) is 2.07. The lowest BCUT2D eigenvalue weighted by Crippen LogP contribution is -2.16. The number of aryl methyl sites for hydroxylation is 1. The van der Waals surface area contributed by atoms with Crippen LogP contribution in [0.4, 0.5) is 5.69 Å². The number of carbonyl (C=O) groups excluding carboxylic acids is 1. The van der Waals surface area contributed by atoms with Crippen molar-refractivity contribution >= 4 is 23.2 Å². The van der Waals surface area contributed by atoms with Crippen molar-refractivity contribution in [1.29, 1.82) is 0 Å². The Labute approximate surface area is 122 Å². The number of aromatic nitrogens is 1. The van der Waals surface area contributed by atoms with E-state index in [1.165, 1.54) is 14.2 Å². The van der Waals surface area contributed by atoms with Gasteiger partial charge in [0.25, 0.3) is 5.91 Å². The minimum atomic E-state index is -0.236. The van der Waals surface area contributed by atoms with Crippen LogP contribution >= 0.6 is 11.6 Å². The molecule has 0 bridgehead atoms. The molecule has 6 heteroatoms. The fourth-order valence-electron chi connectivity index (χ4n) is 1.84. The van der Waals surface area contributed by atoms with Gasteiger partial charge < -0.3 is 19.4 Å². The SMILES string of the molecule is COc1cc(NC(=O)c2cccn2C)c(OC)cc1Cl. The molecule has 2 rings (SSSR count). The van der Waals surface area contributed by atoms with Gasteiger partial charge in [-0.25, -0.2) is 0 Å². The third-order valence-electron chi connectivity index (χ3n) is 2.90. The average molecular weight is 295 g/mol. The normalized spacial score (nSPS) is 10.2. The van der Waals surface area contributed by atoms with Crippen molar-refractivity contribution < 1.29 is 14.3 Å². The number of rotatable bonds is 4. The summed E-state index contributed by atoms with van der Waals surface area (Å²) < 4.78 is 12.1. The highest BCUT2D eigenvalue weighted by Gasteiger charge is 2.15. The molecule has 5 nitrogen and oxygen atoms in total. The molecule has 0 aliphatic heterocycles. The lowest BCUT2D eigenvalue weighted by molar-refractivity contribution is 0.101. The van der Waals surface area contributed by atoms with Crippen LogP contribution in [0.25, 0.3) is 0 Å². The molecule has 1 N–H and O–H groups in total. The number of ether oxygens (including phenoxy) is 2. The number of amides is 1. The van der Waals surface area contributed by atoms with E-state index in [-0.39, 0.29) is 5.91 Å². The van der Waals surface area contributed by atoms with Gasteiger partial charge in [0, 0.05) is 25.4 Å². The monoisotopic (exact) mass is 294 g/mol. The minimum Gasteiger partial charge on any atom is -0.495 e. The van der Waals surface area contributed by atoms with E-state index in [1.54, 1.807) is 42.1 Å². The van der Waals surface area contributed by atoms with Gasteiger partial charge in [-0.1, -0.05) is 11.6 Å². The van der Waals surface area contributed by atoms with E-state index in [2.05, 4.69) is 5.32 Å². The number of nitrogens with zero attached hydrogens (tertiary/aromatic N) is 1. The van der Waals surface area contributed by atoms with Crippen molar-refractivity contribution in [2.24, 2.45) is 7.05 Å². The van der Waals surface area contributed by atoms with Gasteiger partial charge >= 0.3 is 0 Å². The zero-order chi connectivity index (χ0) is 14.7. The number of hydrogen-bond acceptors (Lipinski definition) is 3. The Morgan fingerprint density at radius 3 is 2.50 bits per heavy atom. The molecular weight excluding hydrogens is 280 g/mol. The highest BCUT2D eigenvalue weighted by Crippen LogP contribution is 2.36. The van der Waals surface area contributed by atoms with Gasteiger partial charge in [-0.05, 0) is 12.1 Å². The Balaban J connectivity index is 2.33. The van der Waals surface area contributed by atoms with Gasteiger partial charge in [-0.2, -0.15) is 0 Å². The third kappa shape index (κ3) is 2.72. The summed E-state index contributed by atoms with van der Waals surface area (Å²) in [6.45, 7) is 0. The number of nitrogens with one attached hydrogen (secondary N) is 1. The first-order chi connectivity index (χ1) is 9.56. The summed E-state index contributed by atoms with van der Waals surface area (Å²) in [7, 11) is 4.82. The maximum atomic E-state index is 12.2. The maximum Gasteiger partial charge on any atom is 0.272 e. The smallest absolute Gasteiger partial charge is 0.272 e. The summed E-state index contributed by atoms with van der Waals surface area (Å²) in [5.41, 5.74) is 1.04. The third-order valence-corrected chi connectivity index (χ3v) is 3.19. The lowest BCUT2D eigenvalue weighted by Gasteiger charge is -2.13. The molecule has 0 fully saturated rings. The van der Waals surface area contributed by atoms with E-state index in [1.807, 2.05) is 0 Å². The van der Waals surface area contributed by atoms with E-state index in [0.29, 0.717) is 27.9 Å². The summed E-state index contributed by atoms with van der Waals surface area (Å²) in [6, 6.07) is 6.76. The first-order valence-corrected chi connectivity index (χ1v) is 6.28. The second-order valence-corrected chi connectivity index (χ2v) is 4.55. The second kappa shape index (κ2) is 5.88. The number of halogens is 1. The van der Waals surface area contributed by atoms with Crippen LogP contribution in [0.5, 0.6) is 11.5 Å². The van der Waals surface area contributed by atoms with Crippen LogP contribution < -0.4 is 14.8 Å². The summed E-state index contributed by atoms with van der Waals surface area (Å²) in [4.78, 5) is 12.2. The zero-order valence-electron chi connectivity index (χ0n) is 11.4. The summed E-state index contributed by atoms with van der Waals surface area (Å²) >= 11 is 6.02. The number of anilines is 1. The molecule has 1 amide bonds. The highest BCUT2D eigenvalue weighted by atomic mass is 35.5. The summed E-state index contributed by atoms with van der Waals surface area (Å²) in [5, 5.41) is 3.20. The standard InChI is InChI=1S/C14H15ClN2O3/c1-17-6-4-5-11(17)14(18)16-10-8-12(19-2)9(15)7-13(10)20-3/h4-8H,1-3H3,(H,16,18). The van der Waals surface area contributed by atoms with Gasteiger partial charge in [0.05, 0.1) is 24.9 Å². The van der Waals surface area contributed by atoms with Crippen molar-refractivity contribution in [3.63, 3.8) is 0 Å². The van der Waals surface area contributed by atoms with Crippen LogP contribution in [-0.4, -0.2) is 24.7 Å². The van der Waals surface area contributed by atoms with Crippen LogP contribution in [0.2, 0.25) is 5.02 Å². The van der Waals surface area contributed by atoms with Crippen molar-refractivity contribution in [3.05, 3.63) is 41.2 Å². The van der Waals surface area contributed by atoms with Crippen LogP contribution in [0, 0.1) is 0 Å². The molecule has 106 valence electrons. The van der Waals surface area contributed by atoms with Crippen LogP contribution in [0.3, 0.4) is 0 Å². The average Bonchev–Trinajstić information content (AvgIpc) is 2.86. The van der Waals surface area contributed by atoms with Crippen LogP contribution in [0.15, 0.2) is 30.5 Å². The van der Waals surface area contributed by atoms with Gasteiger partial charge in [0.2, 0.25) is 0 Å². The van der Waals surface area contributed by atoms with Crippen LogP contribution in [0.1, 0.15) is 10.5 Å². The van der Waals surface area contributed by atoms with Crippen molar-refractivity contribution in [1.82, 2.24) is 4.57 Å². The number of methoxy groups -OCH3 is 2. The minimum absolute atomic E-state index is 0.236. The van der Waals surface area contributed by atoms with E-state index in [9.17, 15) is 4.79 Å². The number of hydrogen-bond donors (Lipinski definition) is 1. The molecule has 2 aromatic rings. The van der Waals surface area contributed by atoms with E-state index in [4.69, 9.17) is 21.1 Å². The van der Waals surface area contributed by atoms with Crippen molar-refractivity contribution in [3.8, 4) is 11.5 Å². The molecule has 1 heterocycles. The molecule has 0 atom stereocenters. The molecule has 0 radical (unpaired) electrons. The molecule has 20 heavy (non-hydrogen) atoms. The zero-order valence-corrected chi connectivity index (χ0v) is 12.2. The fraction of sp³-hybridized carbons (Fsp3) is 0.214. The van der Waals surface area contributed by atoms with Crippen molar-refractivity contribution in [2.45, 2.75) is 0 Å². The van der Waals surface area contributed by atoms with Crippen molar-refractivity contribution in [2.75, 3.05) is 19.5 Å². The van der Waals surface area contributed by atoms with Gasteiger partial charge in [-0.3, -0.25) is 4.79 Å². The first kappa shape index (κ1) is 14.3. The topological polar surface area (TPSA) is 52.5 Å². The predicted molar refractivity (Wildman–Crippen MR) is 77.9 cm³/mol. The molecule has 0 spiro atoms. The number of carbonyl (C=O) groups is 1. The molecule has 0 saturated heterocycles. The Kier molecular flexibility index (Phi) is 4.20. The molecule has 0 unspecified atom stereocenters. The second-order valence-electron chi connectivity index (χ2n) is 4.15.